The molecule has 0 aliphatic carbocycles. The van der Waals surface area contributed by atoms with Crippen LogP contribution in [0.2, 0.25) is 0 Å². The van der Waals surface area contributed by atoms with E-state index < -0.39 is 24.2 Å². The van der Waals surface area contributed by atoms with Gasteiger partial charge in [-0.2, -0.15) is 5.26 Å². The average Bonchev–Trinajstić information content (AvgIpc) is 2.99. The summed E-state index contributed by atoms with van der Waals surface area (Å²) in [6.45, 7) is 0. The summed E-state index contributed by atoms with van der Waals surface area (Å²) in [5, 5.41) is 32.2. The highest BCUT2D eigenvalue weighted by atomic mass is 16.6. The molecule has 4 aromatic rings. The van der Waals surface area contributed by atoms with Gasteiger partial charge in [-0.25, -0.2) is 10.3 Å². The lowest BCUT2D eigenvalue weighted by Crippen LogP contribution is -2.31. The number of aromatic hydroxyl groups is 1. The first-order chi connectivity index (χ1) is 19.5. The van der Waals surface area contributed by atoms with Crippen molar-refractivity contribution in [3.63, 3.8) is 0 Å². The van der Waals surface area contributed by atoms with E-state index in [2.05, 4.69) is 5.32 Å². The second-order valence-corrected chi connectivity index (χ2v) is 8.78. The molecule has 202 valence electrons. The third-order valence-corrected chi connectivity index (χ3v) is 6.10. The maximum atomic E-state index is 13.2. The minimum absolute atomic E-state index is 0.0820. The fourth-order valence-electron chi connectivity index (χ4n) is 4.22. The summed E-state index contributed by atoms with van der Waals surface area (Å²) < 4.78 is 12.4. The molecular formula is C31H27N3O6. The Kier molecular flexibility index (Phi) is 9.32. The Labute approximate surface area is 230 Å². The molecule has 4 rings (SSSR count). The summed E-state index contributed by atoms with van der Waals surface area (Å²) in [7, 11) is 0. The Morgan fingerprint density at radius 1 is 0.925 bits per heavy atom. The fraction of sp³-hybridized carbons (Fsp3) is 0.129. The number of anilines is 1. The number of rotatable bonds is 10. The van der Waals surface area contributed by atoms with Crippen molar-refractivity contribution in [1.82, 2.24) is 5.48 Å². The number of phenols is 1. The molecule has 4 N–H and O–H groups in total. The van der Waals surface area contributed by atoms with Crippen LogP contribution in [-0.4, -0.2) is 28.4 Å². The maximum Gasteiger partial charge on any atom is 0.412 e. The SMILES string of the molecule is N#Cc1ccc(NC(=O)O[C@H](c2ccc(O)c3ccccc23)[C@@H](CC/C=C/C(=O)NO)Oc2ccccc2)cc1. The van der Waals surface area contributed by atoms with E-state index in [0.717, 1.165) is 0 Å². The molecule has 0 heterocycles. The van der Waals surface area contributed by atoms with Gasteiger partial charge in [-0.05, 0) is 60.7 Å². The van der Waals surface area contributed by atoms with Crippen LogP contribution in [-0.2, 0) is 9.53 Å². The number of allylic oxidation sites excluding steroid dienone is 1. The van der Waals surface area contributed by atoms with Crippen LogP contribution in [0.5, 0.6) is 11.5 Å². The van der Waals surface area contributed by atoms with Crippen molar-refractivity contribution in [1.29, 1.82) is 5.26 Å². The van der Waals surface area contributed by atoms with Crippen LogP contribution in [0.1, 0.15) is 30.1 Å². The van der Waals surface area contributed by atoms with E-state index in [-0.39, 0.29) is 5.75 Å². The lowest BCUT2D eigenvalue weighted by atomic mass is 9.94. The molecule has 40 heavy (non-hydrogen) atoms. The van der Waals surface area contributed by atoms with Crippen molar-refractivity contribution in [2.24, 2.45) is 0 Å². The normalized spacial score (nSPS) is 12.3. The van der Waals surface area contributed by atoms with Gasteiger partial charge in [-0.15, -0.1) is 0 Å². The predicted octanol–water partition coefficient (Wildman–Crippen LogP) is 6.00. The number of nitriles is 1. The molecule has 0 unspecified atom stereocenters. The van der Waals surface area contributed by atoms with Crippen LogP contribution in [0.4, 0.5) is 10.5 Å². The molecule has 9 heteroatoms. The smallest absolute Gasteiger partial charge is 0.412 e. The van der Waals surface area contributed by atoms with Gasteiger partial charge in [0.05, 0.1) is 11.6 Å². The van der Waals surface area contributed by atoms with E-state index in [1.54, 1.807) is 66.2 Å². The monoisotopic (exact) mass is 537 g/mol. The first kappa shape index (κ1) is 27.7. The largest absolute Gasteiger partial charge is 0.507 e. The van der Waals surface area contributed by atoms with E-state index in [4.69, 9.17) is 19.9 Å². The summed E-state index contributed by atoms with van der Waals surface area (Å²) in [5.41, 5.74) is 3.05. The van der Waals surface area contributed by atoms with Crippen LogP contribution in [0.3, 0.4) is 0 Å². The number of fused-ring (bicyclic) bond motifs is 1. The topological polar surface area (TPSA) is 141 Å². The van der Waals surface area contributed by atoms with Gasteiger partial charge < -0.3 is 14.6 Å². The molecule has 9 nitrogen and oxygen atoms in total. The molecule has 2 amide bonds. The lowest BCUT2D eigenvalue weighted by Gasteiger charge is -2.29. The third-order valence-electron chi connectivity index (χ3n) is 6.10. The van der Waals surface area contributed by atoms with Crippen LogP contribution < -0.4 is 15.5 Å². The number of ether oxygens (including phenoxy) is 2. The average molecular weight is 538 g/mol. The molecular weight excluding hydrogens is 510 g/mol. The Morgan fingerprint density at radius 3 is 2.33 bits per heavy atom. The van der Waals surface area contributed by atoms with Crippen molar-refractivity contribution in [3.8, 4) is 17.6 Å². The summed E-state index contributed by atoms with van der Waals surface area (Å²) in [5.74, 6) is -0.0352. The number of carbonyl (C=O) groups is 2. The van der Waals surface area contributed by atoms with Crippen molar-refractivity contribution in [2.75, 3.05) is 5.32 Å². The number of carbonyl (C=O) groups excluding carboxylic acids is 2. The summed E-state index contributed by atoms with van der Waals surface area (Å²) >= 11 is 0. The predicted molar refractivity (Wildman–Crippen MR) is 149 cm³/mol. The fourth-order valence-corrected chi connectivity index (χ4v) is 4.22. The van der Waals surface area contributed by atoms with Gasteiger partial charge in [0.25, 0.3) is 5.91 Å². The zero-order chi connectivity index (χ0) is 28.3. The lowest BCUT2D eigenvalue weighted by molar-refractivity contribution is -0.124. The van der Waals surface area contributed by atoms with Gasteiger partial charge >= 0.3 is 6.09 Å². The molecule has 0 saturated carbocycles. The highest BCUT2D eigenvalue weighted by Gasteiger charge is 2.31. The molecule has 0 aliphatic heterocycles. The van der Waals surface area contributed by atoms with Gasteiger partial charge in [-0.1, -0.05) is 54.6 Å². The highest BCUT2D eigenvalue weighted by molar-refractivity contribution is 5.92. The third kappa shape index (κ3) is 7.16. The Balaban J connectivity index is 1.71. The molecule has 0 fully saturated rings. The van der Waals surface area contributed by atoms with Crippen LogP contribution >= 0.6 is 0 Å². The summed E-state index contributed by atoms with van der Waals surface area (Å²) in [6.07, 6.45) is 1.06. The number of hydrogen-bond donors (Lipinski definition) is 4. The van der Waals surface area contributed by atoms with E-state index >= 15 is 0 Å². The van der Waals surface area contributed by atoms with E-state index in [1.165, 1.54) is 12.1 Å². The Bertz CT molecular complexity index is 1530. The van der Waals surface area contributed by atoms with Crippen molar-refractivity contribution in [3.05, 3.63) is 114 Å². The highest BCUT2D eigenvalue weighted by Crippen LogP contribution is 2.36. The molecule has 2 atom stereocenters. The van der Waals surface area contributed by atoms with Crippen molar-refractivity contribution < 1.29 is 29.4 Å². The number of hydroxylamine groups is 1. The van der Waals surface area contributed by atoms with Gasteiger partial charge in [0.15, 0.2) is 6.10 Å². The minimum atomic E-state index is -0.941. The molecule has 0 radical (unpaired) electrons. The van der Waals surface area contributed by atoms with Crippen LogP contribution in [0.25, 0.3) is 10.8 Å². The number of para-hydroxylation sites is 1. The second-order valence-electron chi connectivity index (χ2n) is 8.78. The minimum Gasteiger partial charge on any atom is -0.507 e. The summed E-state index contributed by atoms with van der Waals surface area (Å²) in [6, 6.07) is 27.9. The number of amides is 2. The first-order valence-corrected chi connectivity index (χ1v) is 12.5. The first-order valence-electron chi connectivity index (χ1n) is 12.5. The van der Waals surface area contributed by atoms with Gasteiger partial charge in [0, 0.05) is 22.7 Å². The number of phenolic OH excluding ortho intramolecular Hbond substituents is 1. The Morgan fingerprint density at radius 2 is 1.62 bits per heavy atom. The van der Waals surface area contributed by atoms with Gasteiger partial charge in [0.2, 0.25) is 0 Å². The zero-order valence-electron chi connectivity index (χ0n) is 21.4. The van der Waals surface area contributed by atoms with E-state index in [9.17, 15) is 14.7 Å². The van der Waals surface area contributed by atoms with E-state index in [1.807, 2.05) is 36.4 Å². The van der Waals surface area contributed by atoms with Gasteiger partial charge in [0.1, 0.15) is 17.6 Å². The summed E-state index contributed by atoms with van der Waals surface area (Å²) in [4.78, 5) is 24.6. The number of benzene rings is 4. The van der Waals surface area contributed by atoms with Crippen molar-refractivity contribution >= 4 is 28.5 Å². The molecule has 0 aromatic heterocycles. The molecule has 0 bridgehead atoms. The molecule has 0 aliphatic rings. The van der Waals surface area contributed by atoms with Crippen LogP contribution in [0, 0.1) is 11.3 Å². The Hall–Kier alpha value is -5.33. The number of nitrogens with one attached hydrogen (secondary N) is 2. The van der Waals surface area contributed by atoms with Crippen LogP contribution in [0.15, 0.2) is 103 Å². The van der Waals surface area contributed by atoms with Crippen molar-refractivity contribution in [2.45, 2.75) is 25.0 Å². The number of hydrogen-bond acceptors (Lipinski definition) is 7. The molecule has 0 saturated heterocycles. The second kappa shape index (κ2) is 13.5. The molecule has 0 spiro atoms. The number of nitrogens with zero attached hydrogens (tertiary/aromatic N) is 1. The van der Waals surface area contributed by atoms with Gasteiger partial charge in [-0.3, -0.25) is 15.3 Å². The molecule has 4 aromatic carbocycles. The maximum absolute atomic E-state index is 13.2. The zero-order valence-corrected chi connectivity index (χ0v) is 21.4. The van der Waals surface area contributed by atoms with E-state index in [0.29, 0.717) is 46.2 Å². The standard InChI is InChI=1S/C31H27N3O6/c32-20-21-14-16-22(17-15-21)33-31(37)40-30(26-18-19-27(35)25-11-5-4-10-24(25)26)28(12-6-7-13-29(36)34-38)39-23-8-2-1-3-9-23/h1-5,7-11,13-19,28,30,35,38H,6,12H2,(H,33,37)(H,34,36)/b13-7+/t28-,30-/m1/s1. The quantitative estimate of drug-likeness (QED) is 0.110.